The van der Waals surface area contributed by atoms with Gasteiger partial charge in [-0.15, -0.1) is 0 Å². The highest BCUT2D eigenvalue weighted by Gasteiger charge is 2.20. The zero-order valence-corrected chi connectivity index (χ0v) is 12.9. The average Bonchev–Trinajstić information content (AvgIpc) is 2.46. The van der Waals surface area contributed by atoms with E-state index in [1.165, 1.54) is 19.2 Å². The molecule has 7 heteroatoms. The lowest BCUT2D eigenvalue weighted by molar-refractivity contribution is -0.133. The van der Waals surface area contributed by atoms with Crippen molar-refractivity contribution in [2.45, 2.75) is 13.8 Å². The first kappa shape index (κ1) is 17.1. The van der Waals surface area contributed by atoms with Crippen LogP contribution in [0.5, 0.6) is 11.5 Å². The fourth-order valence-corrected chi connectivity index (χ4v) is 2.04. The number of carbonyl (C=O) groups is 2. The number of carbonyl (C=O) groups excluding carboxylic acids is 1. The fourth-order valence-electron chi connectivity index (χ4n) is 1.83. The smallest absolute Gasteiger partial charge is 0.339 e. The van der Waals surface area contributed by atoms with E-state index in [-0.39, 0.29) is 34.6 Å². The monoisotopic (exact) mass is 315 g/mol. The molecule has 0 aliphatic heterocycles. The summed E-state index contributed by atoms with van der Waals surface area (Å²) in [6.45, 7) is 4.56. The van der Waals surface area contributed by atoms with Gasteiger partial charge in [0.25, 0.3) is 5.91 Å². The summed E-state index contributed by atoms with van der Waals surface area (Å²) in [5.74, 6) is -1.27. The Hall–Kier alpha value is -1.95. The van der Waals surface area contributed by atoms with E-state index in [1.54, 1.807) is 4.90 Å². The van der Waals surface area contributed by atoms with Crippen LogP contribution in [0.4, 0.5) is 0 Å². The average molecular weight is 316 g/mol. The molecule has 0 aliphatic rings. The van der Waals surface area contributed by atoms with Crippen molar-refractivity contribution in [3.63, 3.8) is 0 Å². The third-order valence-corrected chi connectivity index (χ3v) is 3.14. The summed E-state index contributed by atoms with van der Waals surface area (Å²) >= 11 is 5.83. The molecule has 0 heterocycles. The van der Waals surface area contributed by atoms with E-state index in [0.29, 0.717) is 13.1 Å². The molecule has 0 bridgehead atoms. The van der Waals surface area contributed by atoms with E-state index in [4.69, 9.17) is 21.1 Å². The van der Waals surface area contributed by atoms with Crippen molar-refractivity contribution in [1.29, 1.82) is 0 Å². The molecule has 0 saturated heterocycles. The molecular weight excluding hydrogens is 298 g/mol. The van der Waals surface area contributed by atoms with Crippen molar-refractivity contribution in [2.75, 3.05) is 26.8 Å². The Morgan fingerprint density at radius 2 is 1.90 bits per heavy atom. The van der Waals surface area contributed by atoms with Gasteiger partial charge in [-0.2, -0.15) is 0 Å². The summed E-state index contributed by atoms with van der Waals surface area (Å²) in [4.78, 5) is 24.7. The van der Waals surface area contributed by atoms with E-state index in [0.717, 1.165) is 0 Å². The highest BCUT2D eigenvalue weighted by molar-refractivity contribution is 6.31. The lowest BCUT2D eigenvalue weighted by Crippen LogP contribution is -2.34. The molecule has 0 radical (unpaired) electrons. The van der Waals surface area contributed by atoms with Gasteiger partial charge in [-0.25, -0.2) is 4.79 Å². The van der Waals surface area contributed by atoms with Crippen molar-refractivity contribution >= 4 is 23.5 Å². The topological polar surface area (TPSA) is 76.1 Å². The second-order valence-corrected chi connectivity index (χ2v) is 4.58. The fraction of sp³-hybridized carbons (Fsp3) is 0.429. The normalized spacial score (nSPS) is 10.1. The van der Waals surface area contributed by atoms with Crippen molar-refractivity contribution in [2.24, 2.45) is 0 Å². The van der Waals surface area contributed by atoms with E-state index >= 15 is 0 Å². The Balaban J connectivity index is 3.01. The van der Waals surface area contributed by atoms with Gasteiger partial charge in [-0.3, -0.25) is 4.79 Å². The molecule has 0 aliphatic carbocycles. The summed E-state index contributed by atoms with van der Waals surface area (Å²) in [5.41, 5.74) is -0.147. The maximum absolute atomic E-state index is 11.9. The van der Waals surface area contributed by atoms with E-state index in [9.17, 15) is 14.7 Å². The zero-order chi connectivity index (χ0) is 16.0. The van der Waals surface area contributed by atoms with E-state index in [1.807, 2.05) is 13.8 Å². The number of aromatic carboxylic acids is 1. The number of ether oxygens (including phenoxy) is 2. The molecule has 21 heavy (non-hydrogen) atoms. The van der Waals surface area contributed by atoms with Crippen molar-refractivity contribution in [1.82, 2.24) is 4.90 Å². The predicted octanol–water partition coefficient (Wildman–Crippen LogP) is 2.29. The standard InChI is InChI=1S/C14H18ClNO5/c1-4-16(5-2)12(17)8-21-13-10(14(18)19)6-9(15)7-11(13)20-3/h6-7H,4-5,8H2,1-3H3,(H,18,19). The summed E-state index contributed by atoms with van der Waals surface area (Å²) in [6.07, 6.45) is 0. The number of carboxylic acids is 1. The number of halogens is 1. The lowest BCUT2D eigenvalue weighted by atomic mass is 10.2. The minimum Gasteiger partial charge on any atom is -0.493 e. The third-order valence-electron chi connectivity index (χ3n) is 2.93. The van der Waals surface area contributed by atoms with Crippen LogP contribution in [0.1, 0.15) is 24.2 Å². The number of hydrogen-bond acceptors (Lipinski definition) is 4. The van der Waals surface area contributed by atoms with Gasteiger partial charge in [-0.1, -0.05) is 11.6 Å². The van der Waals surface area contributed by atoms with E-state index < -0.39 is 5.97 Å². The second-order valence-electron chi connectivity index (χ2n) is 4.14. The lowest BCUT2D eigenvalue weighted by Gasteiger charge is -2.20. The van der Waals surface area contributed by atoms with Gasteiger partial charge in [0.2, 0.25) is 0 Å². The Morgan fingerprint density at radius 3 is 2.38 bits per heavy atom. The summed E-state index contributed by atoms with van der Waals surface area (Å²) < 4.78 is 10.4. The molecule has 0 fully saturated rings. The highest BCUT2D eigenvalue weighted by Crippen LogP contribution is 2.34. The van der Waals surface area contributed by atoms with Crippen molar-refractivity contribution < 1.29 is 24.2 Å². The van der Waals surface area contributed by atoms with Gasteiger partial charge < -0.3 is 19.5 Å². The molecular formula is C14H18ClNO5. The van der Waals surface area contributed by atoms with Crippen LogP contribution >= 0.6 is 11.6 Å². The second kappa shape index (κ2) is 7.73. The van der Waals surface area contributed by atoms with Crippen LogP contribution in [-0.2, 0) is 4.79 Å². The number of benzene rings is 1. The largest absolute Gasteiger partial charge is 0.493 e. The van der Waals surface area contributed by atoms with Crippen LogP contribution in [0.3, 0.4) is 0 Å². The number of hydrogen-bond donors (Lipinski definition) is 1. The van der Waals surface area contributed by atoms with Crippen LogP contribution in [0.15, 0.2) is 12.1 Å². The molecule has 1 N–H and O–H groups in total. The summed E-state index contributed by atoms with van der Waals surface area (Å²) in [6, 6.07) is 2.69. The van der Waals surface area contributed by atoms with Crippen LogP contribution in [-0.4, -0.2) is 48.7 Å². The number of nitrogens with zero attached hydrogens (tertiary/aromatic N) is 1. The number of amides is 1. The molecule has 1 rings (SSSR count). The zero-order valence-electron chi connectivity index (χ0n) is 12.2. The van der Waals surface area contributed by atoms with Gasteiger partial charge in [0, 0.05) is 24.2 Å². The first-order chi connectivity index (χ1) is 9.94. The molecule has 0 atom stereocenters. The quantitative estimate of drug-likeness (QED) is 0.835. The highest BCUT2D eigenvalue weighted by atomic mass is 35.5. The molecule has 1 aromatic carbocycles. The van der Waals surface area contributed by atoms with Gasteiger partial charge >= 0.3 is 5.97 Å². The number of likely N-dealkylation sites (N-methyl/N-ethyl adjacent to an activating group) is 1. The minimum absolute atomic E-state index is 0.00472. The van der Waals surface area contributed by atoms with Crippen molar-refractivity contribution in [3.05, 3.63) is 22.7 Å². The molecule has 116 valence electrons. The number of carboxylic acid groups (broad SMARTS) is 1. The maximum Gasteiger partial charge on any atom is 0.339 e. The van der Waals surface area contributed by atoms with Gasteiger partial charge in [-0.05, 0) is 19.9 Å². The Labute approximate surface area is 128 Å². The molecule has 0 spiro atoms. The Bertz CT molecular complexity index is 528. The summed E-state index contributed by atoms with van der Waals surface area (Å²) in [5, 5.41) is 9.40. The van der Waals surface area contributed by atoms with Crippen LogP contribution in [0.2, 0.25) is 5.02 Å². The molecule has 1 aromatic rings. The number of rotatable bonds is 7. The van der Waals surface area contributed by atoms with Gasteiger partial charge in [0.05, 0.1) is 7.11 Å². The van der Waals surface area contributed by atoms with E-state index in [2.05, 4.69) is 0 Å². The van der Waals surface area contributed by atoms with Crippen LogP contribution in [0, 0.1) is 0 Å². The minimum atomic E-state index is -1.21. The first-order valence-electron chi connectivity index (χ1n) is 6.45. The maximum atomic E-state index is 11.9. The molecule has 1 amide bonds. The Morgan fingerprint density at radius 1 is 1.29 bits per heavy atom. The SMILES string of the molecule is CCN(CC)C(=O)COc1c(OC)cc(Cl)cc1C(=O)O. The number of methoxy groups -OCH3 is 1. The summed E-state index contributed by atoms with van der Waals surface area (Å²) in [7, 11) is 1.37. The molecule has 0 saturated carbocycles. The van der Waals surface area contributed by atoms with Gasteiger partial charge in [0.15, 0.2) is 18.1 Å². The predicted molar refractivity (Wildman–Crippen MR) is 78.4 cm³/mol. The third kappa shape index (κ3) is 4.26. The first-order valence-corrected chi connectivity index (χ1v) is 6.83. The van der Waals surface area contributed by atoms with Crippen LogP contribution in [0.25, 0.3) is 0 Å². The van der Waals surface area contributed by atoms with Gasteiger partial charge in [0.1, 0.15) is 5.56 Å². The Kier molecular flexibility index (Phi) is 6.30. The van der Waals surface area contributed by atoms with Crippen LogP contribution < -0.4 is 9.47 Å². The van der Waals surface area contributed by atoms with Crippen molar-refractivity contribution in [3.8, 4) is 11.5 Å². The molecule has 0 aromatic heterocycles. The molecule has 0 unspecified atom stereocenters. The molecule has 6 nitrogen and oxygen atoms in total.